The number of carbonyl (C=O) groups is 2. The van der Waals surface area contributed by atoms with E-state index in [1.165, 1.54) is 5.01 Å². The van der Waals surface area contributed by atoms with Gasteiger partial charge < -0.3 is 10.1 Å². The van der Waals surface area contributed by atoms with Gasteiger partial charge in [-0.2, -0.15) is 5.10 Å². The van der Waals surface area contributed by atoms with Crippen molar-refractivity contribution < 1.29 is 14.3 Å². The number of nitrogens with one attached hydrogen (secondary N) is 2. The van der Waals surface area contributed by atoms with Crippen molar-refractivity contribution in [3.63, 3.8) is 0 Å². The number of fused-ring (bicyclic) bond motifs is 1. The number of rotatable bonds is 6. The summed E-state index contributed by atoms with van der Waals surface area (Å²) in [6, 6.07) is 7.34. The molecule has 25 heavy (non-hydrogen) atoms. The van der Waals surface area contributed by atoms with Gasteiger partial charge in [0.25, 0.3) is 5.91 Å². The second-order valence-electron chi connectivity index (χ2n) is 5.83. The smallest absolute Gasteiger partial charge is 0.267 e. The molecule has 2 aliphatic rings. The maximum absolute atomic E-state index is 12.6. The molecular formula is C17H21N5O3. The molecular weight excluding hydrogens is 322 g/mol. The summed E-state index contributed by atoms with van der Waals surface area (Å²) in [5.41, 5.74) is 4.33. The van der Waals surface area contributed by atoms with E-state index in [1.807, 2.05) is 24.3 Å². The van der Waals surface area contributed by atoms with Crippen LogP contribution < -0.4 is 15.5 Å². The van der Waals surface area contributed by atoms with Crippen LogP contribution in [-0.4, -0.2) is 54.4 Å². The summed E-state index contributed by atoms with van der Waals surface area (Å²) in [5, 5.41) is 9.62. The summed E-state index contributed by atoms with van der Waals surface area (Å²) in [5.74, 6) is 0.324. The Morgan fingerprint density at radius 2 is 2.24 bits per heavy atom. The van der Waals surface area contributed by atoms with E-state index in [4.69, 9.17) is 4.74 Å². The average molecular weight is 343 g/mol. The van der Waals surface area contributed by atoms with E-state index in [-0.39, 0.29) is 30.4 Å². The van der Waals surface area contributed by atoms with Gasteiger partial charge in [-0.15, -0.1) is 6.58 Å². The lowest BCUT2D eigenvalue weighted by molar-refractivity contribution is -0.140. The van der Waals surface area contributed by atoms with Crippen molar-refractivity contribution in [2.45, 2.75) is 18.5 Å². The number of hydrogen-bond donors (Lipinski definition) is 2. The van der Waals surface area contributed by atoms with Gasteiger partial charge in [0.1, 0.15) is 24.7 Å². The zero-order valence-corrected chi connectivity index (χ0v) is 14.0. The van der Waals surface area contributed by atoms with E-state index < -0.39 is 0 Å². The Hall–Kier alpha value is -2.87. The Bertz CT molecular complexity index is 688. The molecule has 1 aromatic carbocycles. The van der Waals surface area contributed by atoms with Crippen molar-refractivity contribution in [3.05, 3.63) is 42.5 Å². The van der Waals surface area contributed by atoms with Crippen LogP contribution in [0.25, 0.3) is 0 Å². The maximum Gasteiger partial charge on any atom is 0.267 e. The molecule has 2 N–H and O–H groups in total. The van der Waals surface area contributed by atoms with Crippen LogP contribution >= 0.6 is 0 Å². The Balaban J connectivity index is 1.64. The van der Waals surface area contributed by atoms with Gasteiger partial charge >= 0.3 is 0 Å². The number of hydrazine groups is 1. The van der Waals surface area contributed by atoms with Gasteiger partial charge in [-0.1, -0.05) is 18.2 Å². The topological polar surface area (TPSA) is 86.3 Å². The number of methoxy groups -OCH3 is 1. The second-order valence-corrected chi connectivity index (χ2v) is 5.83. The third-order valence-electron chi connectivity index (χ3n) is 4.21. The third kappa shape index (κ3) is 3.63. The molecule has 1 saturated heterocycles. The van der Waals surface area contributed by atoms with E-state index in [0.717, 1.165) is 11.3 Å². The summed E-state index contributed by atoms with van der Waals surface area (Å²) in [6.07, 6.45) is 3.74. The molecule has 1 aromatic rings. The van der Waals surface area contributed by atoms with Crippen molar-refractivity contribution in [2.24, 2.45) is 5.10 Å². The van der Waals surface area contributed by atoms with E-state index in [0.29, 0.717) is 13.0 Å². The predicted octanol–water partition coefficient (Wildman–Crippen LogP) is 0.403. The Labute approximate surface area is 146 Å². The maximum atomic E-state index is 12.6. The highest BCUT2D eigenvalue weighted by atomic mass is 16.5. The number of benzene rings is 1. The molecule has 2 aliphatic heterocycles. The molecule has 0 aliphatic carbocycles. The summed E-state index contributed by atoms with van der Waals surface area (Å²) in [4.78, 5) is 24.4. The van der Waals surface area contributed by atoms with Crippen LogP contribution in [-0.2, 0) is 9.59 Å². The molecule has 0 spiro atoms. The molecule has 8 nitrogen and oxygen atoms in total. The number of amides is 2. The second kappa shape index (κ2) is 7.35. The highest BCUT2D eigenvalue weighted by Crippen LogP contribution is 2.30. The fraction of sp³-hybridized carbons (Fsp3) is 0.353. The van der Waals surface area contributed by atoms with Crippen LogP contribution in [0.1, 0.15) is 18.0 Å². The van der Waals surface area contributed by atoms with Gasteiger partial charge in [0, 0.05) is 6.54 Å². The van der Waals surface area contributed by atoms with Gasteiger partial charge in [0.2, 0.25) is 5.91 Å². The molecule has 0 saturated carbocycles. The normalized spacial score (nSPS) is 21.9. The molecule has 132 valence electrons. The Kier molecular flexibility index (Phi) is 4.99. The van der Waals surface area contributed by atoms with Crippen molar-refractivity contribution in [1.29, 1.82) is 0 Å². The van der Waals surface area contributed by atoms with Gasteiger partial charge in [-0.25, -0.2) is 10.4 Å². The molecule has 1 fully saturated rings. The molecule has 8 heteroatoms. The van der Waals surface area contributed by atoms with Crippen LogP contribution in [0.5, 0.6) is 5.75 Å². The van der Waals surface area contributed by atoms with E-state index in [9.17, 15) is 9.59 Å². The first-order chi connectivity index (χ1) is 12.1. The number of nitrogens with zero attached hydrogens (tertiary/aromatic N) is 3. The molecule has 2 unspecified atom stereocenters. The fourth-order valence-corrected chi connectivity index (χ4v) is 2.88. The minimum absolute atomic E-state index is 0.000786. The lowest BCUT2D eigenvalue weighted by Gasteiger charge is -2.29. The molecule has 0 bridgehead atoms. The minimum Gasteiger partial charge on any atom is -0.497 e. The van der Waals surface area contributed by atoms with Crippen LogP contribution in [0.3, 0.4) is 0 Å². The van der Waals surface area contributed by atoms with Crippen molar-refractivity contribution in [3.8, 4) is 5.75 Å². The predicted molar refractivity (Wildman–Crippen MR) is 92.5 cm³/mol. The first-order valence-corrected chi connectivity index (χ1v) is 8.04. The Morgan fingerprint density at radius 3 is 2.92 bits per heavy atom. The summed E-state index contributed by atoms with van der Waals surface area (Å²) < 4.78 is 5.17. The van der Waals surface area contributed by atoms with Crippen LogP contribution in [0, 0.1) is 0 Å². The molecule has 0 radical (unpaired) electrons. The van der Waals surface area contributed by atoms with Crippen molar-refractivity contribution >= 4 is 18.2 Å². The van der Waals surface area contributed by atoms with E-state index in [2.05, 4.69) is 22.4 Å². The number of ether oxygens (including phenoxy) is 1. The van der Waals surface area contributed by atoms with Gasteiger partial charge in [-0.3, -0.25) is 14.6 Å². The number of hydrazone groups is 1. The molecule has 3 rings (SSSR count). The van der Waals surface area contributed by atoms with Crippen molar-refractivity contribution in [1.82, 2.24) is 20.8 Å². The first kappa shape index (κ1) is 17.0. The number of carbonyl (C=O) groups excluding carboxylic acids is 2. The highest BCUT2D eigenvalue weighted by Gasteiger charge is 2.41. The van der Waals surface area contributed by atoms with E-state index >= 15 is 0 Å². The molecule has 0 aromatic heterocycles. The lowest BCUT2D eigenvalue weighted by Crippen LogP contribution is -2.52. The van der Waals surface area contributed by atoms with Gasteiger partial charge in [0.15, 0.2) is 0 Å². The zero-order valence-electron chi connectivity index (χ0n) is 14.0. The fourth-order valence-electron chi connectivity index (χ4n) is 2.88. The van der Waals surface area contributed by atoms with Gasteiger partial charge in [-0.05, 0) is 24.1 Å². The first-order valence-electron chi connectivity index (χ1n) is 8.04. The zero-order chi connectivity index (χ0) is 17.8. The SMILES string of the molecule is C=CCNC(=O)CN1N=CN2NC(c3ccc(OC)cc3)CC2C1=O. The standard InChI is InChI=1S/C17H21N5O3/c1-3-8-18-16(23)10-21-17(24)15-9-14(20-22(15)11-19-21)12-4-6-13(25-2)7-5-12/h3-7,11,14-15,20H,1,8-10H2,2H3,(H,18,23). The molecule has 2 amide bonds. The third-order valence-corrected chi connectivity index (χ3v) is 4.21. The number of hydrogen-bond acceptors (Lipinski definition) is 6. The molecule has 2 atom stereocenters. The van der Waals surface area contributed by atoms with Crippen LogP contribution in [0.4, 0.5) is 0 Å². The summed E-state index contributed by atoms with van der Waals surface area (Å²) >= 11 is 0. The summed E-state index contributed by atoms with van der Waals surface area (Å²) in [6.45, 7) is 3.80. The molecule has 2 heterocycles. The largest absolute Gasteiger partial charge is 0.497 e. The minimum atomic E-state index is -0.378. The summed E-state index contributed by atoms with van der Waals surface area (Å²) in [7, 11) is 1.62. The van der Waals surface area contributed by atoms with E-state index in [1.54, 1.807) is 24.5 Å². The van der Waals surface area contributed by atoms with Crippen LogP contribution in [0.2, 0.25) is 0 Å². The van der Waals surface area contributed by atoms with Crippen molar-refractivity contribution in [2.75, 3.05) is 20.2 Å². The monoisotopic (exact) mass is 343 g/mol. The quantitative estimate of drug-likeness (QED) is 0.731. The van der Waals surface area contributed by atoms with Gasteiger partial charge in [0.05, 0.1) is 13.2 Å². The average Bonchev–Trinajstić information content (AvgIpc) is 3.07. The highest BCUT2D eigenvalue weighted by molar-refractivity contribution is 5.91. The lowest BCUT2D eigenvalue weighted by atomic mass is 10.0. The van der Waals surface area contributed by atoms with Crippen LogP contribution in [0.15, 0.2) is 42.0 Å². The Morgan fingerprint density at radius 1 is 1.48 bits per heavy atom.